The number of rotatable bonds is 2. The molecule has 4 aliphatic carbocycles. The van der Waals surface area contributed by atoms with Gasteiger partial charge in [-0.15, -0.1) is 0 Å². The zero-order valence-corrected chi connectivity index (χ0v) is 13.5. The zero-order chi connectivity index (χ0) is 12.5. The molecular formula is C17H30Si. The molecule has 0 N–H and O–H groups in total. The van der Waals surface area contributed by atoms with Gasteiger partial charge in [-0.1, -0.05) is 39.3 Å². The first kappa shape index (κ1) is 12.0. The second-order valence-electron chi connectivity index (χ2n) is 8.82. The lowest BCUT2D eigenvalue weighted by atomic mass is 9.90. The molecule has 0 aromatic heterocycles. The van der Waals surface area contributed by atoms with E-state index in [2.05, 4.69) is 20.0 Å². The summed E-state index contributed by atoms with van der Waals surface area (Å²) in [7, 11) is -1.01. The number of fused-ring (bicyclic) bond motifs is 4. The quantitative estimate of drug-likeness (QED) is 0.591. The summed E-state index contributed by atoms with van der Waals surface area (Å²) < 4.78 is 0. The van der Waals surface area contributed by atoms with Crippen molar-refractivity contribution in [3.05, 3.63) is 0 Å². The van der Waals surface area contributed by atoms with Gasteiger partial charge in [-0.2, -0.15) is 0 Å². The van der Waals surface area contributed by atoms with Gasteiger partial charge < -0.3 is 0 Å². The third-order valence-electron chi connectivity index (χ3n) is 7.88. The fraction of sp³-hybridized carbons (Fsp3) is 1.00. The minimum Gasteiger partial charge on any atom is -0.0689 e. The minimum absolute atomic E-state index is 1.01. The van der Waals surface area contributed by atoms with Crippen LogP contribution in [0.4, 0.5) is 0 Å². The lowest BCUT2D eigenvalue weighted by Crippen LogP contribution is -2.45. The predicted octanol–water partition coefficient (Wildman–Crippen LogP) is 5.32. The van der Waals surface area contributed by atoms with Crippen LogP contribution in [0, 0.1) is 29.6 Å². The molecule has 0 heterocycles. The Bertz CT molecular complexity index is 346. The van der Waals surface area contributed by atoms with Crippen LogP contribution in [0.1, 0.15) is 51.9 Å². The van der Waals surface area contributed by atoms with E-state index in [-0.39, 0.29) is 0 Å². The first-order chi connectivity index (χ1) is 8.57. The molecule has 7 unspecified atom stereocenters. The Balaban J connectivity index is 1.59. The SMILES string of the molecule is CC1C2CCC(C2)C1[Si](C)(C)C1CC2CCC1C2. The van der Waals surface area contributed by atoms with Gasteiger partial charge in [-0.25, -0.2) is 0 Å². The summed E-state index contributed by atoms with van der Waals surface area (Å²) in [6.45, 7) is 8.21. The summed E-state index contributed by atoms with van der Waals surface area (Å²) in [5, 5.41) is 0. The van der Waals surface area contributed by atoms with Crippen LogP contribution in [0.3, 0.4) is 0 Å². The average molecular weight is 263 g/mol. The van der Waals surface area contributed by atoms with Gasteiger partial charge in [-0.3, -0.25) is 0 Å². The summed E-state index contributed by atoms with van der Waals surface area (Å²) in [5.41, 5.74) is 2.41. The first-order valence-corrected chi connectivity index (χ1v) is 11.7. The van der Waals surface area contributed by atoms with Crippen molar-refractivity contribution in [2.45, 2.75) is 76.0 Å². The Kier molecular flexibility index (Phi) is 2.58. The standard InChI is InChI=1S/C17H30Si/c1-11-13-6-7-15(10-13)17(11)18(2,3)16-9-12-4-5-14(16)8-12/h11-17H,4-10H2,1-3H3. The van der Waals surface area contributed by atoms with Crippen LogP contribution in [0.2, 0.25) is 24.2 Å². The Morgan fingerprint density at radius 3 is 2.06 bits per heavy atom. The number of hydrogen-bond donors (Lipinski definition) is 0. The number of hydrogen-bond acceptors (Lipinski definition) is 0. The monoisotopic (exact) mass is 262 g/mol. The van der Waals surface area contributed by atoms with Crippen LogP contribution in [-0.2, 0) is 0 Å². The van der Waals surface area contributed by atoms with Crippen molar-refractivity contribution in [2.75, 3.05) is 0 Å². The van der Waals surface area contributed by atoms with Gasteiger partial charge in [0.2, 0.25) is 0 Å². The summed E-state index contributed by atoms with van der Waals surface area (Å²) in [4.78, 5) is 0. The van der Waals surface area contributed by atoms with Crippen molar-refractivity contribution >= 4 is 8.07 Å². The molecule has 0 spiro atoms. The van der Waals surface area contributed by atoms with Crippen LogP contribution in [0.25, 0.3) is 0 Å². The normalized spacial score (nSPS) is 54.5. The molecule has 4 rings (SSSR count). The fourth-order valence-corrected chi connectivity index (χ4v) is 13.4. The van der Waals surface area contributed by atoms with E-state index in [0.29, 0.717) is 0 Å². The second-order valence-corrected chi connectivity index (χ2v) is 13.9. The highest BCUT2D eigenvalue weighted by molar-refractivity contribution is 6.80. The highest BCUT2D eigenvalue weighted by Crippen LogP contribution is 2.65. The predicted molar refractivity (Wildman–Crippen MR) is 80.4 cm³/mol. The van der Waals surface area contributed by atoms with Crippen LogP contribution >= 0.6 is 0 Å². The molecule has 102 valence electrons. The molecule has 0 aliphatic heterocycles. The summed E-state index contributed by atoms with van der Waals surface area (Å²) in [6.07, 6.45) is 11.2. The lowest BCUT2D eigenvalue weighted by Gasteiger charge is -2.46. The van der Waals surface area contributed by atoms with Gasteiger partial charge in [0.15, 0.2) is 0 Å². The van der Waals surface area contributed by atoms with E-state index >= 15 is 0 Å². The van der Waals surface area contributed by atoms with Gasteiger partial charge in [0, 0.05) is 0 Å². The van der Waals surface area contributed by atoms with Crippen LogP contribution in [-0.4, -0.2) is 8.07 Å². The maximum atomic E-state index is 2.79. The summed E-state index contributed by atoms with van der Waals surface area (Å²) >= 11 is 0. The maximum Gasteiger partial charge on any atom is 0.0544 e. The van der Waals surface area contributed by atoms with Crippen molar-refractivity contribution in [1.29, 1.82) is 0 Å². The van der Waals surface area contributed by atoms with E-state index in [1.807, 2.05) is 0 Å². The van der Waals surface area contributed by atoms with E-state index in [1.165, 1.54) is 17.0 Å². The summed E-state index contributed by atoms with van der Waals surface area (Å²) in [6, 6.07) is 0. The van der Waals surface area contributed by atoms with Gasteiger partial charge in [0.1, 0.15) is 0 Å². The maximum absolute atomic E-state index is 2.79. The van der Waals surface area contributed by atoms with Crippen molar-refractivity contribution in [3.63, 3.8) is 0 Å². The molecule has 7 atom stereocenters. The van der Waals surface area contributed by atoms with E-state index in [1.54, 1.807) is 44.9 Å². The molecule has 4 bridgehead atoms. The fourth-order valence-electron chi connectivity index (χ4n) is 7.27. The Hall–Kier alpha value is 0.217. The van der Waals surface area contributed by atoms with E-state index in [0.717, 1.165) is 23.7 Å². The van der Waals surface area contributed by atoms with Crippen molar-refractivity contribution < 1.29 is 0 Å². The van der Waals surface area contributed by atoms with E-state index in [4.69, 9.17) is 0 Å². The molecule has 4 saturated carbocycles. The van der Waals surface area contributed by atoms with Gasteiger partial charge in [0.05, 0.1) is 8.07 Å². The molecular weight excluding hydrogens is 232 g/mol. The molecule has 0 radical (unpaired) electrons. The molecule has 4 aliphatic rings. The topological polar surface area (TPSA) is 0 Å². The average Bonchev–Trinajstić information content (AvgIpc) is 3.08. The Morgan fingerprint density at radius 1 is 0.778 bits per heavy atom. The minimum atomic E-state index is -1.01. The van der Waals surface area contributed by atoms with E-state index < -0.39 is 8.07 Å². The molecule has 18 heavy (non-hydrogen) atoms. The lowest BCUT2D eigenvalue weighted by molar-refractivity contribution is 0.342. The molecule has 4 fully saturated rings. The smallest absolute Gasteiger partial charge is 0.0544 e. The zero-order valence-electron chi connectivity index (χ0n) is 12.5. The molecule has 0 amide bonds. The van der Waals surface area contributed by atoms with Crippen LogP contribution in [0.15, 0.2) is 0 Å². The van der Waals surface area contributed by atoms with Crippen molar-refractivity contribution in [1.82, 2.24) is 0 Å². The third-order valence-corrected chi connectivity index (χ3v) is 13.2. The third kappa shape index (κ3) is 1.49. The van der Waals surface area contributed by atoms with Crippen molar-refractivity contribution in [2.24, 2.45) is 29.6 Å². The molecule has 0 nitrogen and oxygen atoms in total. The van der Waals surface area contributed by atoms with E-state index in [9.17, 15) is 0 Å². The van der Waals surface area contributed by atoms with Gasteiger partial charge in [0.25, 0.3) is 0 Å². The molecule has 0 saturated heterocycles. The van der Waals surface area contributed by atoms with Crippen LogP contribution in [0.5, 0.6) is 0 Å². The second kappa shape index (κ2) is 3.87. The first-order valence-electron chi connectivity index (χ1n) is 8.57. The Labute approximate surface area is 114 Å². The Morgan fingerprint density at radius 2 is 1.50 bits per heavy atom. The highest BCUT2D eigenvalue weighted by Gasteiger charge is 2.57. The van der Waals surface area contributed by atoms with Gasteiger partial charge >= 0.3 is 0 Å². The largest absolute Gasteiger partial charge is 0.0689 e. The van der Waals surface area contributed by atoms with Crippen LogP contribution < -0.4 is 0 Å². The highest BCUT2D eigenvalue weighted by atomic mass is 28.3. The molecule has 0 aromatic carbocycles. The molecule has 1 heteroatoms. The molecule has 0 aromatic rings. The summed E-state index contributed by atoms with van der Waals surface area (Å²) in [5.74, 6) is 5.70. The van der Waals surface area contributed by atoms with Crippen molar-refractivity contribution in [3.8, 4) is 0 Å². The van der Waals surface area contributed by atoms with Gasteiger partial charge in [-0.05, 0) is 66.4 Å².